The van der Waals surface area contributed by atoms with Crippen LogP contribution in [0.25, 0.3) is 0 Å². The molecule has 20 heavy (non-hydrogen) atoms. The van der Waals surface area contributed by atoms with Crippen molar-refractivity contribution in [1.29, 1.82) is 0 Å². The monoisotopic (exact) mass is 289 g/mol. The summed E-state index contributed by atoms with van der Waals surface area (Å²) in [6, 6.07) is 7.89. The molecule has 0 saturated heterocycles. The number of benzene rings is 1. The lowest BCUT2D eigenvalue weighted by atomic mass is 10.3. The number of anilines is 1. The summed E-state index contributed by atoms with van der Waals surface area (Å²) >= 11 is 1.73. The highest BCUT2D eigenvalue weighted by molar-refractivity contribution is 7.99. The number of thioether (sulfide) groups is 1. The fourth-order valence-electron chi connectivity index (χ4n) is 1.87. The van der Waals surface area contributed by atoms with Crippen LogP contribution in [0.1, 0.15) is 18.9 Å². The van der Waals surface area contributed by atoms with Crippen LogP contribution >= 0.6 is 11.8 Å². The molecule has 0 spiro atoms. The van der Waals surface area contributed by atoms with Gasteiger partial charge < -0.3 is 5.32 Å². The lowest BCUT2D eigenvalue weighted by molar-refractivity contribution is -0.116. The third-order valence-corrected chi connectivity index (χ3v) is 3.75. The Morgan fingerprint density at radius 2 is 2.20 bits per heavy atom. The van der Waals surface area contributed by atoms with Crippen molar-refractivity contribution in [2.45, 2.75) is 31.7 Å². The van der Waals surface area contributed by atoms with Crippen molar-refractivity contribution >= 4 is 23.4 Å². The van der Waals surface area contributed by atoms with Crippen molar-refractivity contribution in [2.75, 3.05) is 11.1 Å². The second-order valence-electron chi connectivity index (χ2n) is 4.51. The van der Waals surface area contributed by atoms with Crippen LogP contribution in [0.15, 0.2) is 41.6 Å². The summed E-state index contributed by atoms with van der Waals surface area (Å²) in [6.45, 7) is 4.69. The fraction of sp³-hybridized carbons (Fsp3) is 0.333. The molecular weight excluding hydrogens is 270 g/mol. The van der Waals surface area contributed by atoms with Crippen LogP contribution in [-0.2, 0) is 11.3 Å². The molecule has 1 N–H and O–H groups in total. The van der Waals surface area contributed by atoms with Crippen molar-refractivity contribution in [3.8, 4) is 0 Å². The summed E-state index contributed by atoms with van der Waals surface area (Å²) in [6.07, 6.45) is 4.16. The van der Waals surface area contributed by atoms with Gasteiger partial charge >= 0.3 is 0 Å². The maximum atomic E-state index is 12.0. The first-order chi connectivity index (χ1) is 9.69. The van der Waals surface area contributed by atoms with Gasteiger partial charge in [0.2, 0.25) is 5.91 Å². The summed E-state index contributed by atoms with van der Waals surface area (Å²) in [5.74, 6) is 1.00. The van der Waals surface area contributed by atoms with E-state index in [1.165, 1.54) is 0 Å². The zero-order valence-electron chi connectivity index (χ0n) is 11.8. The van der Waals surface area contributed by atoms with Crippen LogP contribution in [0.3, 0.4) is 0 Å². The second kappa shape index (κ2) is 7.14. The van der Waals surface area contributed by atoms with Gasteiger partial charge in [-0.3, -0.25) is 9.48 Å². The van der Waals surface area contributed by atoms with E-state index in [0.29, 0.717) is 13.0 Å². The number of aryl methyl sites for hydroxylation is 2. The molecule has 1 heterocycles. The Morgan fingerprint density at radius 3 is 2.90 bits per heavy atom. The Balaban J connectivity index is 1.91. The molecule has 4 nitrogen and oxygen atoms in total. The number of hydrogen-bond donors (Lipinski definition) is 1. The number of rotatable bonds is 6. The van der Waals surface area contributed by atoms with E-state index in [0.717, 1.165) is 21.9 Å². The van der Waals surface area contributed by atoms with Crippen LogP contribution in [0.4, 0.5) is 5.69 Å². The van der Waals surface area contributed by atoms with Gasteiger partial charge in [0.05, 0.1) is 11.9 Å². The predicted octanol–water partition coefficient (Wildman–Crippen LogP) is 3.33. The van der Waals surface area contributed by atoms with Crippen LogP contribution in [0, 0.1) is 6.92 Å². The van der Waals surface area contributed by atoms with Crippen molar-refractivity contribution < 1.29 is 4.79 Å². The van der Waals surface area contributed by atoms with Crippen LogP contribution in [-0.4, -0.2) is 21.4 Å². The number of nitrogens with zero attached hydrogens (tertiary/aromatic N) is 2. The van der Waals surface area contributed by atoms with Crippen molar-refractivity contribution in [2.24, 2.45) is 0 Å². The number of hydrogen-bond acceptors (Lipinski definition) is 3. The highest BCUT2D eigenvalue weighted by atomic mass is 32.2. The van der Waals surface area contributed by atoms with Gasteiger partial charge in [-0.05, 0) is 30.4 Å². The summed E-state index contributed by atoms with van der Waals surface area (Å²) in [7, 11) is 0. The zero-order valence-corrected chi connectivity index (χ0v) is 12.6. The molecule has 0 unspecified atom stereocenters. The van der Waals surface area contributed by atoms with E-state index in [-0.39, 0.29) is 5.91 Å². The molecule has 1 aromatic carbocycles. The van der Waals surface area contributed by atoms with E-state index in [9.17, 15) is 4.79 Å². The van der Waals surface area contributed by atoms with E-state index in [1.54, 1.807) is 22.6 Å². The average molecular weight is 289 g/mol. The summed E-state index contributed by atoms with van der Waals surface area (Å²) in [5, 5.41) is 7.15. The quantitative estimate of drug-likeness (QED) is 0.830. The highest BCUT2D eigenvalue weighted by Gasteiger charge is 2.07. The Morgan fingerprint density at radius 1 is 1.40 bits per heavy atom. The molecule has 5 heteroatoms. The topological polar surface area (TPSA) is 46.9 Å². The van der Waals surface area contributed by atoms with Gasteiger partial charge in [0, 0.05) is 24.1 Å². The molecular formula is C15H19N3OS. The molecule has 0 atom stereocenters. The largest absolute Gasteiger partial charge is 0.325 e. The molecule has 0 aliphatic carbocycles. The predicted molar refractivity (Wildman–Crippen MR) is 83.1 cm³/mol. The summed E-state index contributed by atoms with van der Waals surface area (Å²) in [5.41, 5.74) is 2.00. The Kier molecular flexibility index (Phi) is 5.24. The molecule has 0 saturated carbocycles. The Bertz CT molecular complexity index is 580. The number of amides is 1. The first kappa shape index (κ1) is 14.7. The lowest BCUT2D eigenvalue weighted by Gasteiger charge is -2.10. The SMILES string of the molecule is CCSc1ccccc1NC(=O)CCn1cc(C)cn1. The fourth-order valence-corrected chi connectivity index (χ4v) is 2.63. The average Bonchev–Trinajstić information content (AvgIpc) is 2.85. The van der Waals surface area contributed by atoms with Gasteiger partial charge in [0.25, 0.3) is 0 Å². The van der Waals surface area contributed by atoms with E-state index in [4.69, 9.17) is 0 Å². The van der Waals surface area contributed by atoms with Crippen LogP contribution < -0.4 is 5.32 Å². The smallest absolute Gasteiger partial charge is 0.226 e. The normalized spacial score (nSPS) is 10.5. The Labute approximate surface area is 123 Å². The first-order valence-electron chi connectivity index (χ1n) is 6.69. The first-order valence-corrected chi connectivity index (χ1v) is 7.68. The zero-order chi connectivity index (χ0) is 14.4. The number of carbonyl (C=O) groups is 1. The highest BCUT2D eigenvalue weighted by Crippen LogP contribution is 2.26. The minimum absolute atomic E-state index is 0.0160. The second-order valence-corrected chi connectivity index (χ2v) is 5.81. The van der Waals surface area contributed by atoms with Gasteiger partial charge in [-0.15, -0.1) is 11.8 Å². The molecule has 0 radical (unpaired) electrons. The van der Waals surface area contributed by atoms with Crippen molar-refractivity contribution in [3.05, 3.63) is 42.2 Å². The van der Waals surface area contributed by atoms with Gasteiger partial charge in [0.15, 0.2) is 0 Å². The van der Waals surface area contributed by atoms with Crippen molar-refractivity contribution in [1.82, 2.24) is 9.78 Å². The maximum Gasteiger partial charge on any atom is 0.226 e. The third kappa shape index (κ3) is 4.13. The van der Waals surface area contributed by atoms with Crippen LogP contribution in [0.2, 0.25) is 0 Å². The maximum absolute atomic E-state index is 12.0. The number of carbonyl (C=O) groups excluding carboxylic acids is 1. The lowest BCUT2D eigenvalue weighted by Crippen LogP contribution is -2.15. The minimum atomic E-state index is 0.0160. The van der Waals surface area contributed by atoms with E-state index >= 15 is 0 Å². The molecule has 0 fully saturated rings. The van der Waals surface area contributed by atoms with Gasteiger partial charge in [-0.1, -0.05) is 19.1 Å². The minimum Gasteiger partial charge on any atom is -0.325 e. The molecule has 2 rings (SSSR count). The van der Waals surface area contributed by atoms with Crippen molar-refractivity contribution in [3.63, 3.8) is 0 Å². The van der Waals surface area contributed by atoms with Crippen LogP contribution in [0.5, 0.6) is 0 Å². The number of nitrogens with one attached hydrogen (secondary N) is 1. The van der Waals surface area contributed by atoms with Gasteiger partial charge in [-0.2, -0.15) is 5.10 Å². The van der Waals surface area contributed by atoms with E-state index in [2.05, 4.69) is 17.3 Å². The van der Waals surface area contributed by atoms with E-state index in [1.807, 2.05) is 37.4 Å². The number of para-hydroxylation sites is 1. The summed E-state index contributed by atoms with van der Waals surface area (Å²) < 4.78 is 1.79. The molecule has 2 aromatic rings. The molecule has 1 aromatic heterocycles. The summed E-state index contributed by atoms with van der Waals surface area (Å²) in [4.78, 5) is 13.1. The Hall–Kier alpha value is -1.75. The standard InChI is InChI=1S/C15H19N3OS/c1-3-20-14-7-5-4-6-13(14)17-15(19)8-9-18-11-12(2)10-16-18/h4-7,10-11H,3,8-9H2,1-2H3,(H,17,19). The molecule has 1 amide bonds. The molecule has 106 valence electrons. The molecule has 0 aliphatic rings. The number of aromatic nitrogens is 2. The van der Waals surface area contributed by atoms with E-state index < -0.39 is 0 Å². The molecule has 0 aliphatic heterocycles. The van der Waals surface area contributed by atoms with Gasteiger partial charge in [0.1, 0.15) is 0 Å². The van der Waals surface area contributed by atoms with Gasteiger partial charge in [-0.25, -0.2) is 0 Å². The third-order valence-electron chi connectivity index (χ3n) is 2.79. The molecule has 0 bridgehead atoms.